The van der Waals surface area contributed by atoms with E-state index in [9.17, 15) is 14.4 Å². The third-order valence-electron chi connectivity index (χ3n) is 13.8. The predicted octanol–water partition coefficient (Wildman–Crippen LogP) is 21.2. The van der Waals surface area contributed by atoms with Gasteiger partial charge in [-0.3, -0.25) is 14.4 Å². The molecule has 0 saturated heterocycles. The second kappa shape index (κ2) is 60.7. The zero-order valence-electron chi connectivity index (χ0n) is 47.9. The molecular weight excluding hydrogens is 889 g/mol. The van der Waals surface area contributed by atoms with Gasteiger partial charge in [-0.1, -0.05) is 300 Å². The second-order valence-corrected chi connectivity index (χ2v) is 21.0. The van der Waals surface area contributed by atoms with Gasteiger partial charge in [0.25, 0.3) is 0 Å². The van der Waals surface area contributed by atoms with E-state index in [0.717, 1.165) is 96.3 Å². The maximum atomic E-state index is 12.9. The molecule has 0 saturated carbocycles. The van der Waals surface area contributed by atoms with E-state index in [-0.39, 0.29) is 31.1 Å². The van der Waals surface area contributed by atoms with Gasteiger partial charge in [0.15, 0.2) is 6.10 Å². The molecule has 1 atom stereocenters. The molecule has 0 aromatic carbocycles. The highest BCUT2D eigenvalue weighted by atomic mass is 16.6. The van der Waals surface area contributed by atoms with Crippen LogP contribution in [0.4, 0.5) is 0 Å². The molecule has 0 aromatic heterocycles. The molecule has 0 amide bonds. The molecule has 0 aliphatic carbocycles. The first-order valence-corrected chi connectivity index (χ1v) is 31.3. The number of carbonyl (C=O) groups is 3. The fourth-order valence-electron chi connectivity index (χ4n) is 9.12. The average molecular weight is 1010 g/mol. The largest absolute Gasteiger partial charge is 0.462 e. The van der Waals surface area contributed by atoms with Crippen molar-refractivity contribution in [3.8, 4) is 0 Å². The van der Waals surface area contributed by atoms with Crippen LogP contribution in [0.3, 0.4) is 0 Å². The fraction of sp³-hybridized carbons (Fsp3) is 0.803. The Morgan fingerprint density at radius 1 is 0.292 bits per heavy atom. The summed E-state index contributed by atoms with van der Waals surface area (Å²) >= 11 is 0. The maximum absolute atomic E-state index is 12.9. The monoisotopic (exact) mass is 1010 g/mol. The van der Waals surface area contributed by atoms with Crippen molar-refractivity contribution >= 4 is 17.9 Å². The number of allylic oxidation sites excluding steroid dienone is 10. The van der Waals surface area contributed by atoms with Crippen molar-refractivity contribution in [1.29, 1.82) is 0 Å². The minimum Gasteiger partial charge on any atom is -0.462 e. The predicted molar refractivity (Wildman–Crippen MR) is 312 cm³/mol. The van der Waals surface area contributed by atoms with E-state index in [0.29, 0.717) is 19.3 Å². The van der Waals surface area contributed by atoms with E-state index in [1.807, 2.05) is 0 Å². The van der Waals surface area contributed by atoms with E-state index in [1.165, 1.54) is 186 Å². The normalized spacial score (nSPS) is 12.4. The van der Waals surface area contributed by atoms with Crippen LogP contribution in [-0.4, -0.2) is 37.2 Å². The Bertz CT molecular complexity index is 1290. The summed E-state index contributed by atoms with van der Waals surface area (Å²) in [5.41, 5.74) is 0. The minimum absolute atomic E-state index is 0.0719. The Labute approximate surface area is 447 Å². The van der Waals surface area contributed by atoms with Crippen molar-refractivity contribution in [1.82, 2.24) is 0 Å². The fourth-order valence-corrected chi connectivity index (χ4v) is 9.12. The quantitative estimate of drug-likeness (QED) is 0.0261. The first-order chi connectivity index (χ1) is 35.5. The van der Waals surface area contributed by atoms with Crippen LogP contribution >= 0.6 is 0 Å². The van der Waals surface area contributed by atoms with Crippen LogP contribution in [-0.2, 0) is 28.6 Å². The Morgan fingerprint density at radius 2 is 0.542 bits per heavy atom. The van der Waals surface area contributed by atoms with E-state index >= 15 is 0 Å². The zero-order valence-corrected chi connectivity index (χ0v) is 47.9. The molecule has 0 heterocycles. The summed E-state index contributed by atoms with van der Waals surface area (Å²) in [4.78, 5) is 38.1. The average Bonchev–Trinajstić information content (AvgIpc) is 3.38. The Hall–Kier alpha value is -2.89. The number of rotatable bonds is 57. The van der Waals surface area contributed by atoms with E-state index < -0.39 is 6.10 Å². The standard InChI is InChI=1S/C66H118O6/c1-4-7-10-13-16-19-21-23-25-27-29-31-32-33-34-36-37-39-41-43-45-47-50-53-56-59-65(68)71-62-63(61-70-64(67)58-55-52-49-18-15-12-9-6-3)72-66(69)60-57-54-51-48-46-44-42-40-38-35-30-28-26-24-22-20-17-14-11-8-5-2/h7,10,16,19,23,25,29,31,33-34,63H,4-6,8-9,11-15,17-18,20-22,24,26-28,30,32,35-62H2,1-3H3/b10-7-,19-16-,25-23-,31-29-,34-33-. The molecule has 1 unspecified atom stereocenters. The lowest BCUT2D eigenvalue weighted by atomic mass is 10.0. The van der Waals surface area contributed by atoms with Crippen LogP contribution in [0, 0.1) is 0 Å². The molecule has 0 radical (unpaired) electrons. The van der Waals surface area contributed by atoms with E-state index in [1.54, 1.807) is 0 Å². The molecule has 6 nitrogen and oxygen atoms in total. The summed E-state index contributed by atoms with van der Waals surface area (Å²) in [6.45, 7) is 6.54. The van der Waals surface area contributed by atoms with Gasteiger partial charge in [0, 0.05) is 19.3 Å². The summed E-state index contributed by atoms with van der Waals surface area (Å²) < 4.78 is 16.9. The summed E-state index contributed by atoms with van der Waals surface area (Å²) in [5, 5.41) is 0. The van der Waals surface area contributed by atoms with Crippen LogP contribution in [0.25, 0.3) is 0 Å². The number of carbonyl (C=O) groups excluding carboxylic acids is 3. The van der Waals surface area contributed by atoms with E-state index in [2.05, 4.69) is 81.5 Å². The van der Waals surface area contributed by atoms with Gasteiger partial charge in [0.1, 0.15) is 13.2 Å². The van der Waals surface area contributed by atoms with Crippen molar-refractivity contribution in [2.75, 3.05) is 13.2 Å². The Morgan fingerprint density at radius 3 is 0.847 bits per heavy atom. The highest BCUT2D eigenvalue weighted by molar-refractivity contribution is 5.71. The molecule has 0 spiro atoms. The summed E-state index contributed by atoms with van der Waals surface area (Å²) in [7, 11) is 0. The van der Waals surface area contributed by atoms with Crippen molar-refractivity contribution < 1.29 is 28.6 Å². The van der Waals surface area contributed by atoms with Gasteiger partial charge < -0.3 is 14.2 Å². The van der Waals surface area contributed by atoms with Crippen LogP contribution < -0.4 is 0 Å². The Kier molecular flexibility index (Phi) is 58.2. The maximum Gasteiger partial charge on any atom is 0.306 e. The number of ether oxygens (including phenoxy) is 3. The summed E-state index contributed by atoms with van der Waals surface area (Å²) in [5.74, 6) is -0.865. The van der Waals surface area contributed by atoms with E-state index in [4.69, 9.17) is 14.2 Å². The smallest absolute Gasteiger partial charge is 0.306 e. The topological polar surface area (TPSA) is 78.9 Å². The Balaban J connectivity index is 4.17. The molecule has 0 rings (SSSR count). The minimum atomic E-state index is -0.772. The molecule has 0 aliphatic rings. The van der Waals surface area contributed by atoms with Crippen molar-refractivity contribution in [3.63, 3.8) is 0 Å². The van der Waals surface area contributed by atoms with Gasteiger partial charge in [-0.2, -0.15) is 0 Å². The summed E-state index contributed by atoms with van der Waals surface area (Å²) in [6.07, 6.45) is 76.7. The molecular formula is C66H118O6. The molecule has 0 bridgehead atoms. The number of esters is 3. The highest BCUT2D eigenvalue weighted by Gasteiger charge is 2.19. The summed E-state index contributed by atoms with van der Waals surface area (Å²) in [6, 6.07) is 0. The van der Waals surface area contributed by atoms with Crippen molar-refractivity contribution in [2.24, 2.45) is 0 Å². The zero-order chi connectivity index (χ0) is 52.2. The molecule has 0 N–H and O–H groups in total. The number of hydrogen-bond donors (Lipinski definition) is 0. The number of unbranched alkanes of at least 4 members (excludes halogenated alkanes) is 36. The first kappa shape index (κ1) is 69.1. The van der Waals surface area contributed by atoms with Crippen LogP contribution in [0.2, 0.25) is 0 Å². The third kappa shape index (κ3) is 58.0. The van der Waals surface area contributed by atoms with Gasteiger partial charge in [-0.25, -0.2) is 0 Å². The highest BCUT2D eigenvalue weighted by Crippen LogP contribution is 2.17. The van der Waals surface area contributed by atoms with Gasteiger partial charge >= 0.3 is 17.9 Å². The molecule has 0 aliphatic heterocycles. The molecule has 72 heavy (non-hydrogen) atoms. The first-order valence-electron chi connectivity index (χ1n) is 31.3. The molecule has 418 valence electrons. The SMILES string of the molecule is CC/C=C\C/C=C\C/C=C\C/C=C\C/C=C\CCCCCCCCCCCC(=O)OCC(COC(=O)CCCCCCCCCC)OC(=O)CCCCCCCCCCCCCCCCCCCCCCC. The van der Waals surface area contributed by atoms with Crippen LogP contribution in [0.5, 0.6) is 0 Å². The van der Waals surface area contributed by atoms with Gasteiger partial charge in [0.2, 0.25) is 0 Å². The second-order valence-electron chi connectivity index (χ2n) is 21.0. The van der Waals surface area contributed by atoms with Gasteiger partial charge in [0.05, 0.1) is 0 Å². The van der Waals surface area contributed by atoms with Gasteiger partial charge in [-0.05, 0) is 64.2 Å². The molecule has 0 aromatic rings. The third-order valence-corrected chi connectivity index (χ3v) is 13.8. The van der Waals surface area contributed by atoms with Crippen LogP contribution in [0.1, 0.15) is 323 Å². The lowest BCUT2D eigenvalue weighted by Crippen LogP contribution is -2.30. The lowest BCUT2D eigenvalue weighted by Gasteiger charge is -2.18. The van der Waals surface area contributed by atoms with Gasteiger partial charge in [-0.15, -0.1) is 0 Å². The molecule has 6 heteroatoms. The van der Waals surface area contributed by atoms with Crippen molar-refractivity contribution in [2.45, 2.75) is 329 Å². The van der Waals surface area contributed by atoms with Crippen molar-refractivity contribution in [3.05, 3.63) is 60.8 Å². The molecule has 0 fully saturated rings. The van der Waals surface area contributed by atoms with Crippen LogP contribution in [0.15, 0.2) is 60.8 Å². The lowest BCUT2D eigenvalue weighted by molar-refractivity contribution is -0.167. The number of hydrogen-bond acceptors (Lipinski definition) is 6.